The quantitative estimate of drug-likeness (QED) is 0.434. The molecule has 0 unspecified atom stereocenters. The van der Waals surface area contributed by atoms with Crippen LogP contribution in [0.5, 0.6) is 5.75 Å². The van der Waals surface area contributed by atoms with Crippen molar-refractivity contribution >= 4 is 23.4 Å². The summed E-state index contributed by atoms with van der Waals surface area (Å²) in [7, 11) is 1.33. The number of carbonyl (C=O) groups is 2. The number of esters is 1. The average molecular weight is 271 g/mol. The molecular formula is C13H15ClO4. The lowest BCUT2D eigenvalue weighted by Gasteiger charge is -2.06. The van der Waals surface area contributed by atoms with Gasteiger partial charge in [0, 0.05) is 17.9 Å². The Bertz CT molecular complexity index is 400. The van der Waals surface area contributed by atoms with Crippen LogP contribution in [0.4, 0.5) is 0 Å². The Morgan fingerprint density at radius 2 is 1.83 bits per heavy atom. The Balaban J connectivity index is 2.45. The zero-order valence-electron chi connectivity index (χ0n) is 10.1. The van der Waals surface area contributed by atoms with Crippen LogP contribution in [0.3, 0.4) is 0 Å². The van der Waals surface area contributed by atoms with Crippen molar-refractivity contribution in [3.8, 4) is 5.75 Å². The highest BCUT2D eigenvalue weighted by atomic mass is 35.5. The maximum absolute atomic E-state index is 11.5. The third-order valence-corrected chi connectivity index (χ3v) is 2.49. The molecule has 18 heavy (non-hydrogen) atoms. The molecule has 0 fully saturated rings. The van der Waals surface area contributed by atoms with Crippen LogP contribution in [-0.4, -0.2) is 31.3 Å². The number of Topliss-reactive ketones (excluding diaryl/α,β-unsaturated/α-hetero) is 1. The molecule has 0 heterocycles. The molecule has 0 saturated heterocycles. The van der Waals surface area contributed by atoms with Crippen LogP contribution in [0.1, 0.15) is 23.2 Å². The van der Waals surface area contributed by atoms with Gasteiger partial charge in [-0.05, 0) is 24.3 Å². The molecule has 1 aromatic carbocycles. The van der Waals surface area contributed by atoms with Gasteiger partial charge in [0.05, 0.1) is 20.1 Å². The van der Waals surface area contributed by atoms with Crippen molar-refractivity contribution in [2.45, 2.75) is 12.8 Å². The number of rotatable bonds is 7. The van der Waals surface area contributed by atoms with E-state index >= 15 is 0 Å². The summed E-state index contributed by atoms with van der Waals surface area (Å²) in [6.07, 6.45) is 0.521. The molecular weight excluding hydrogens is 256 g/mol. The van der Waals surface area contributed by atoms with Gasteiger partial charge in [-0.2, -0.15) is 0 Å². The molecule has 0 spiro atoms. The van der Waals surface area contributed by atoms with Gasteiger partial charge in [-0.15, -0.1) is 11.6 Å². The summed E-state index contributed by atoms with van der Waals surface area (Å²) in [5.41, 5.74) is 0.607. The minimum Gasteiger partial charge on any atom is -0.493 e. The standard InChI is InChI=1S/C13H15ClO4/c1-17-13(16)7-9-18-11-4-2-10(3-5-11)12(15)6-8-14/h2-5H,6-9H2,1H3. The number of hydrogen-bond acceptors (Lipinski definition) is 4. The molecule has 0 aliphatic rings. The molecule has 0 aliphatic carbocycles. The molecule has 1 rings (SSSR count). The Morgan fingerprint density at radius 3 is 2.39 bits per heavy atom. The Morgan fingerprint density at radius 1 is 1.17 bits per heavy atom. The average Bonchev–Trinajstić information content (AvgIpc) is 2.39. The largest absolute Gasteiger partial charge is 0.493 e. The summed E-state index contributed by atoms with van der Waals surface area (Å²) in [4.78, 5) is 22.4. The first kappa shape index (κ1) is 14.5. The Labute approximate surface area is 111 Å². The number of benzene rings is 1. The fraction of sp³-hybridized carbons (Fsp3) is 0.385. The summed E-state index contributed by atoms with van der Waals surface area (Å²) >= 11 is 5.50. The van der Waals surface area contributed by atoms with Crippen LogP contribution >= 0.6 is 11.6 Å². The zero-order chi connectivity index (χ0) is 13.4. The first-order valence-electron chi connectivity index (χ1n) is 5.56. The number of halogens is 1. The molecule has 0 amide bonds. The molecule has 1 aromatic rings. The maximum Gasteiger partial charge on any atom is 0.308 e. The lowest BCUT2D eigenvalue weighted by molar-refractivity contribution is -0.141. The number of alkyl halides is 1. The highest BCUT2D eigenvalue weighted by Crippen LogP contribution is 2.14. The van der Waals surface area contributed by atoms with E-state index < -0.39 is 0 Å². The normalized spacial score (nSPS) is 9.89. The lowest BCUT2D eigenvalue weighted by atomic mass is 10.1. The van der Waals surface area contributed by atoms with Crippen LogP contribution in [0.2, 0.25) is 0 Å². The SMILES string of the molecule is COC(=O)CCOc1ccc(C(=O)CCCl)cc1. The molecule has 0 saturated carbocycles. The van der Waals surface area contributed by atoms with E-state index in [9.17, 15) is 9.59 Å². The molecule has 98 valence electrons. The zero-order valence-corrected chi connectivity index (χ0v) is 10.9. The smallest absolute Gasteiger partial charge is 0.308 e. The van der Waals surface area contributed by atoms with Crippen LogP contribution in [0.25, 0.3) is 0 Å². The highest BCUT2D eigenvalue weighted by Gasteiger charge is 2.05. The van der Waals surface area contributed by atoms with Crippen molar-refractivity contribution in [1.82, 2.24) is 0 Å². The number of ketones is 1. The van der Waals surface area contributed by atoms with Gasteiger partial charge in [-0.3, -0.25) is 9.59 Å². The number of methoxy groups -OCH3 is 1. The number of hydrogen-bond donors (Lipinski definition) is 0. The summed E-state index contributed by atoms with van der Waals surface area (Å²) in [6.45, 7) is 0.252. The van der Waals surface area contributed by atoms with E-state index in [2.05, 4.69) is 4.74 Å². The number of ether oxygens (including phenoxy) is 2. The minimum atomic E-state index is -0.316. The molecule has 0 radical (unpaired) electrons. The van der Waals surface area contributed by atoms with Crippen molar-refractivity contribution in [1.29, 1.82) is 0 Å². The molecule has 0 bridgehead atoms. The topological polar surface area (TPSA) is 52.6 Å². The summed E-state index contributed by atoms with van der Waals surface area (Å²) in [5.74, 6) is 0.618. The second-order valence-electron chi connectivity index (χ2n) is 3.56. The highest BCUT2D eigenvalue weighted by molar-refractivity contribution is 6.19. The van der Waals surface area contributed by atoms with Crippen molar-refractivity contribution in [3.05, 3.63) is 29.8 Å². The van der Waals surface area contributed by atoms with Crippen LogP contribution < -0.4 is 4.74 Å². The molecule has 0 atom stereocenters. The van der Waals surface area contributed by atoms with Gasteiger partial charge in [-0.1, -0.05) is 0 Å². The van der Waals surface area contributed by atoms with Crippen molar-refractivity contribution in [2.75, 3.05) is 19.6 Å². The minimum absolute atomic E-state index is 0.00566. The van der Waals surface area contributed by atoms with E-state index in [-0.39, 0.29) is 24.8 Å². The third-order valence-electron chi connectivity index (χ3n) is 2.30. The predicted molar refractivity (Wildman–Crippen MR) is 68.2 cm³/mol. The van der Waals surface area contributed by atoms with Crippen molar-refractivity contribution in [2.24, 2.45) is 0 Å². The van der Waals surface area contributed by atoms with Gasteiger partial charge in [0.2, 0.25) is 0 Å². The summed E-state index contributed by atoms with van der Waals surface area (Å²) < 4.78 is 9.82. The van der Waals surface area contributed by atoms with E-state index in [1.54, 1.807) is 24.3 Å². The van der Waals surface area contributed by atoms with Gasteiger partial charge >= 0.3 is 5.97 Å². The third kappa shape index (κ3) is 4.75. The maximum atomic E-state index is 11.5. The fourth-order valence-corrected chi connectivity index (χ4v) is 1.49. The van der Waals surface area contributed by atoms with Crippen LogP contribution in [0, 0.1) is 0 Å². The van der Waals surface area contributed by atoms with E-state index in [1.165, 1.54) is 7.11 Å². The Kier molecular flexibility index (Phi) is 6.22. The van der Waals surface area contributed by atoms with E-state index in [0.29, 0.717) is 23.6 Å². The van der Waals surface area contributed by atoms with Gasteiger partial charge in [-0.25, -0.2) is 0 Å². The second kappa shape index (κ2) is 7.71. The van der Waals surface area contributed by atoms with Crippen molar-refractivity contribution < 1.29 is 19.1 Å². The van der Waals surface area contributed by atoms with Crippen LogP contribution in [-0.2, 0) is 9.53 Å². The van der Waals surface area contributed by atoms with Crippen LogP contribution in [0.15, 0.2) is 24.3 Å². The van der Waals surface area contributed by atoms with E-state index in [0.717, 1.165) is 0 Å². The Hall–Kier alpha value is -1.55. The van der Waals surface area contributed by atoms with E-state index in [1.807, 2.05) is 0 Å². The molecule has 5 heteroatoms. The lowest BCUT2D eigenvalue weighted by Crippen LogP contribution is -2.07. The molecule has 0 aromatic heterocycles. The number of carbonyl (C=O) groups excluding carboxylic acids is 2. The predicted octanol–water partition coefficient (Wildman–Crippen LogP) is 2.44. The molecule has 4 nitrogen and oxygen atoms in total. The first-order valence-corrected chi connectivity index (χ1v) is 6.09. The van der Waals surface area contributed by atoms with Gasteiger partial charge in [0.25, 0.3) is 0 Å². The fourth-order valence-electron chi connectivity index (χ4n) is 1.32. The second-order valence-corrected chi connectivity index (χ2v) is 3.94. The van der Waals surface area contributed by atoms with Gasteiger partial charge in [0.1, 0.15) is 5.75 Å². The van der Waals surface area contributed by atoms with Crippen molar-refractivity contribution in [3.63, 3.8) is 0 Å². The first-order chi connectivity index (χ1) is 8.67. The monoisotopic (exact) mass is 270 g/mol. The summed E-state index contributed by atoms with van der Waals surface area (Å²) in [5, 5.41) is 0. The van der Waals surface area contributed by atoms with E-state index in [4.69, 9.17) is 16.3 Å². The van der Waals surface area contributed by atoms with Gasteiger partial charge in [0.15, 0.2) is 5.78 Å². The molecule has 0 aliphatic heterocycles. The van der Waals surface area contributed by atoms with Gasteiger partial charge < -0.3 is 9.47 Å². The molecule has 0 N–H and O–H groups in total. The summed E-state index contributed by atoms with van der Waals surface area (Å²) in [6, 6.07) is 6.75.